The average molecular weight is 423 g/mol. The van der Waals surface area contributed by atoms with Gasteiger partial charge in [-0.15, -0.1) is 0 Å². The number of benzene rings is 1. The van der Waals surface area contributed by atoms with Gasteiger partial charge in [0.2, 0.25) is 0 Å². The van der Waals surface area contributed by atoms with Gasteiger partial charge in [-0.3, -0.25) is 0 Å². The number of hydrogen-bond acceptors (Lipinski definition) is 0. The highest BCUT2D eigenvalue weighted by Gasteiger charge is 2.43. The highest BCUT2D eigenvalue weighted by atomic mass is 79.9. The molecule has 0 aliphatic heterocycles. The Labute approximate surface area is 128 Å². The van der Waals surface area contributed by atoms with Crippen molar-refractivity contribution in [3.63, 3.8) is 0 Å². The quantitative estimate of drug-likeness (QED) is 0.506. The van der Waals surface area contributed by atoms with Crippen molar-refractivity contribution in [2.75, 3.05) is 0 Å². The molecule has 0 amide bonds. The third-order valence-corrected chi connectivity index (χ3v) is 6.81. The van der Waals surface area contributed by atoms with E-state index >= 15 is 0 Å². The minimum Gasteiger partial charge on any atom is -0.0835 e. The maximum absolute atomic E-state index is 3.95. The predicted molar refractivity (Wildman–Crippen MR) is 82.4 cm³/mol. The van der Waals surface area contributed by atoms with Gasteiger partial charge in [0.25, 0.3) is 0 Å². The average Bonchev–Trinajstić information content (AvgIpc) is 2.93. The van der Waals surface area contributed by atoms with Crippen molar-refractivity contribution < 1.29 is 0 Å². The molecule has 4 unspecified atom stereocenters. The van der Waals surface area contributed by atoms with Crippen LogP contribution in [0.2, 0.25) is 0 Å². The van der Waals surface area contributed by atoms with E-state index in [1.54, 1.807) is 0 Å². The molecule has 0 radical (unpaired) electrons. The second-order valence-electron chi connectivity index (χ2n) is 5.41. The van der Waals surface area contributed by atoms with Crippen molar-refractivity contribution in [3.8, 4) is 0 Å². The van der Waals surface area contributed by atoms with Gasteiger partial charge in [0.05, 0.1) is 0 Å². The normalized spacial score (nSPS) is 33.0. The van der Waals surface area contributed by atoms with Crippen LogP contribution in [0.5, 0.6) is 0 Å². The summed E-state index contributed by atoms with van der Waals surface area (Å²) in [6.45, 7) is 0. The van der Waals surface area contributed by atoms with Gasteiger partial charge in [-0.05, 0) is 60.8 Å². The molecule has 0 N–H and O–H groups in total. The molecule has 2 aliphatic rings. The van der Waals surface area contributed by atoms with Gasteiger partial charge in [0, 0.05) is 13.8 Å². The van der Waals surface area contributed by atoms with Crippen LogP contribution in [0.4, 0.5) is 0 Å². The van der Waals surface area contributed by atoms with Crippen molar-refractivity contribution in [2.45, 2.75) is 30.5 Å². The molecule has 92 valence electrons. The van der Waals surface area contributed by atoms with Crippen LogP contribution >= 0.6 is 47.8 Å². The molecule has 17 heavy (non-hydrogen) atoms. The summed E-state index contributed by atoms with van der Waals surface area (Å²) in [5, 5.41) is 0. The molecule has 0 heterocycles. The van der Waals surface area contributed by atoms with E-state index in [1.165, 1.54) is 40.2 Å². The van der Waals surface area contributed by atoms with Gasteiger partial charge in [0.15, 0.2) is 0 Å². The Morgan fingerprint density at radius 2 is 1.94 bits per heavy atom. The predicted octanol–water partition coefficient (Wildman–Crippen LogP) is 6.08. The van der Waals surface area contributed by atoms with E-state index in [-0.39, 0.29) is 0 Å². The lowest BCUT2D eigenvalue weighted by Gasteiger charge is -2.27. The van der Waals surface area contributed by atoms with Crippen molar-refractivity contribution in [2.24, 2.45) is 17.8 Å². The molecular formula is C14H15Br3. The Morgan fingerprint density at radius 3 is 2.59 bits per heavy atom. The number of halogens is 3. The van der Waals surface area contributed by atoms with Gasteiger partial charge >= 0.3 is 0 Å². The zero-order chi connectivity index (χ0) is 12.0. The molecule has 2 aliphatic carbocycles. The van der Waals surface area contributed by atoms with Gasteiger partial charge in [-0.2, -0.15) is 0 Å². The summed E-state index contributed by atoms with van der Waals surface area (Å²) >= 11 is 11.2. The number of alkyl halides is 1. The van der Waals surface area contributed by atoms with E-state index in [0.717, 1.165) is 17.8 Å². The summed E-state index contributed by atoms with van der Waals surface area (Å²) in [6.07, 6.45) is 5.81. The maximum Gasteiger partial charge on any atom is 0.0437 e. The molecule has 3 rings (SSSR count). The summed E-state index contributed by atoms with van der Waals surface area (Å²) in [6, 6.07) is 6.48. The molecule has 1 aromatic carbocycles. The van der Waals surface area contributed by atoms with Crippen LogP contribution in [-0.4, -0.2) is 0 Å². The van der Waals surface area contributed by atoms with Crippen molar-refractivity contribution in [1.82, 2.24) is 0 Å². The molecule has 0 saturated heterocycles. The van der Waals surface area contributed by atoms with Crippen LogP contribution in [-0.2, 0) is 0 Å². The van der Waals surface area contributed by atoms with E-state index in [1.807, 2.05) is 0 Å². The molecule has 0 spiro atoms. The Morgan fingerprint density at radius 1 is 1.12 bits per heavy atom. The smallest absolute Gasteiger partial charge is 0.0437 e. The molecule has 0 aromatic heterocycles. The zero-order valence-electron chi connectivity index (χ0n) is 9.50. The summed E-state index contributed by atoms with van der Waals surface area (Å²) < 4.78 is 2.40. The Kier molecular flexibility index (Phi) is 3.71. The SMILES string of the molecule is Brc1ccc(Br)c(C(Br)C2CC3CCC2C3)c1. The van der Waals surface area contributed by atoms with Crippen LogP contribution in [0.15, 0.2) is 27.1 Å². The minimum absolute atomic E-state index is 0.504. The van der Waals surface area contributed by atoms with Crippen LogP contribution in [0.25, 0.3) is 0 Å². The van der Waals surface area contributed by atoms with Crippen LogP contribution in [0.3, 0.4) is 0 Å². The van der Waals surface area contributed by atoms with Crippen LogP contribution in [0, 0.1) is 17.8 Å². The Balaban J connectivity index is 1.86. The lowest BCUT2D eigenvalue weighted by molar-refractivity contribution is 0.329. The second-order valence-corrected chi connectivity index (χ2v) is 8.16. The van der Waals surface area contributed by atoms with E-state index < -0.39 is 0 Å². The first-order valence-corrected chi connectivity index (χ1v) is 8.74. The molecule has 2 saturated carbocycles. The highest BCUT2D eigenvalue weighted by Crippen LogP contribution is 2.55. The Hall–Kier alpha value is 0.660. The number of fused-ring (bicyclic) bond motifs is 2. The van der Waals surface area contributed by atoms with Crippen molar-refractivity contribution in [1.29, 1.82) is 0 Å². The van der Waals surface area contributed by atoms with E-state index in [4.69, 9.17) is 0 Å². The molecule has 4 atom stereocenters. The zero-order valence-corrected chi connectivity index (χ0v) is 14.3. The van der Waals surface area contributed by atoms with Crippen LogP contribution in [0.1, 0.15) is 36.1 Å². The third-order valence-electron chi connectivity index (χ3n) is 4.42. The fraction of sp³-hybridized carbons (Fsp3) is 0.571. The van der Waals surface area contributed by atoms with Crippen molar-refractivity contribution >= 4 is 47.8 Å². The van der Waals surface area contributed by atoms with Gasteiger partial charge in [-0.1, -0.05) is 54.2 Å². The Bertz CT molecular complexity index is 429. The molecule has 2 fully saturated rings. The topological polar surface area (TPSA) is 0 Å². The first-order chi connectivity index (χ1) is 8.15. The summed E-state index contributed by atoms with van der Waals surface area (Å²) in [5.74, 6) is 2.80. The lowest BCUT2D eigenvalue weighted by atomic mass is 9.84. The van der Waals surface area contributed by atoms with E-state index in [2.05, 4.69) is 66.0 Å². The monoisotopic (exact) mass is 420 g/mol. The maximum atomic E-state index is 3.95. The first kappa shape index (κ1) is 12.7. The van der Waals surface area contributed by atoms with Gasteiger partial charge in [0.1, 0.15) is 0 Å². The fourth-order valence-electron chi connectivity index (χ4n) is 3.61. The third kappa shape index (κ3) is 2.40. The second kappa shape index (κ2) is 4.97. The molecular weight excluding hydrogens is 408 g/mol. The minimum atomic E-state index is 0.504. The van der Waals surface area contributed by atoms with Gasteiger partial charge < -0.3 is 0 Å². The number of hydrogen-bond donors (Lipinski definition) is 0. The molecule has 0 nitrogen and oxygen atoms in total. The standard InChI is InChI=1S/C14H15Br3/c15-10-3-4-13(16)12(7-10)14(17)11-6-8-1-2-9(11)5-8/h3-4,7-9,11,14H,1-2,5-6H2. The largest absolute Gasteiger partial charge is 0.0835 e. The van der Waals surface area contributed by atoms with Crippen LogP contribution < -0.4 is 0 Å². The highest BCUT2D eigenvalue weighted by molar-refractivity contribution is 9.11. The molecule has 3 heteroatoms. The van der Waals surface area contributed by atoms with Crippen molar-refractivity contribution in [3.05, 3.63) is 32.7 Å². The summed E-state index contributed by atoms with van der Waals surface area (Å²) in [5.41, 5.74) is 1.40. The fourth-order valence-corrected chi connectivity index (χ4v) is 5.81. The summed E-state index contributed by atoms with van der Waals surface area (Å²) in [4.78, 5) is 0.504. The van der Waals surface area contributed by atoms with E-state index in [0.29, 0.717) is 4.83 Å². The number of rotatable bonds is 2. The van der Waals surface area contributed by atoms with E-state index in [9.17, 15) is 0 Å². The molecule has 1 aromatic rings. The molecule has 2 bridgehead atoms. The first-order valence-electron chi connectivity index (χ1n) is 6.24. The van der Waals surface area contributed by atoms with Gasteiger partial charge in [-0.25, -0.2) is 0 Å². The summed E-state index contributed by atoms with van der Waals surface area (Å²) in [7, 11) is 0. The lowest BCUT2D eigenvalue weighted by Crippen LogP contribution is -2.15.